The molecule has 0 fully saturated rings. The Balaban J connectivity index is 3.81. The Morgan fingerprint density at radius 2 is 2.11 bits per heavy atom. The summed E-state index contributed by atoms with van der Waals surface area (Å²) in [7, 11) is 1.85. The highest BCUT2D eigenvalue weighted by atomic mass is 14.8. The highest BCUT2D eigenvalue weighted by Crippen LogP contribution is 1.71. The average molecular weight is 120 g/mol. The second-order valence-electron chi connectivity index (χ2n) is 1.42. The largest absolute Gasteiger partial charge is 0.252 e. The Morgan fingerprint density at radius 1 is 1.44 bits per heavy atom. The molecular weight excluding hydrogens is 111 g/mol. The zero-order valence-corrected chi connectivity index (χ0v) is 5.54. The molecule has 0 unspecified atom stereocenters. The van der Waals surface area contributed by atoms with Gasteiger partial charge in [-0.15, -0.1) is 0 Å². The molecule has 46 valence electrons. The van der Waals surface area contributed by atoms with E-state index in [-0.39, 0.29) is 0 Å². The monoisotopic (exact) mass is 120 g/mol. The van der Waals surface area contributed by atoms with Gasteiger partial charge in [0.15, 0.2) is 7.85 Å². The van der Waals surface area contributed by atoms with Crippen molar-refractivity contribution in [3.8, 4) is 0 Å². The van der Waals surface area contributed by atoms with E-state index in [1.165, 1.54) is 12.5 Å². The van der Waals surface area contributed by atoms with E-state index >= 15 is 0 Å². The molecule has 0 rings (SSSR count). The lowest BCUT2D eigenvalue weighted by Gasteiger charge is -1.80. The smallest absolute Gasteiger partial charge is 0.163 e. The topological polar surface area (TPSA) is 24.7 Å². The Morgan fingerprint density at radius 3 is 2.56 bits per heavy atom. The summed E-state index contributed by atoms with van der Waals surface area (Å²) in [6.45, 7) is 6.91. The Labute approximate surface area is 56.1 Å². The molecule has 9 heavy (non-hydrogen) atoms. The van der Waals surface area contributed by atoms with Crippen LogP contribution in [0.15, 0.2) is 35.4 Å². The van der Waals surface area contributed by atoms with Crippen LogP contribution in [-0.2, 0) is 0 Å². The molecule has 0 aromatic rings. The Hall–Kier alpha value is -1.12. The second-order valence-corrected chi connectivity index (χ2v) is 1.42. The number of nitrogens with zero attached hydrogens (tertiary/aromatic N) is 2. The number of allylic oxidation sites excluding steroid dienone is 1. The van der Waals surface area contributed by atoms with Crippen LogP contribution in [0.1, 0.15) is 0 Å². The van der Waals surface area contributed by atoms with Crippen molar-refractivity contribution in [1.29, 1.82) is 0 Å². The van der Waals surface area contributed by atoms with Gasteiger partial charge in [-0.25, -0.2) is 4.99 Å². The second kappa shape index (κ2) is 5.03. The van der Waals surface area contributed by atoms with Crippen LogP contribution >= 0.6 is 0 Å². The first-order chi connectivity index (χ1) is 4.31. The summed E-state index contributed by atoms with van der Waals surface area (Å²) >= 11 is 0. The minimum Gasteiger partial charge on any atom is -0.252 e. The third kappa shape index (κ3) is 4.74. The number of rotatable bonds is 3. The maximum absolute atomic E-state index is 3.87. The van der Waals surface area contributed by atoms with E-state index in [2.05, 4.69) is 23.1 Å². The molecule has 0 amide bonds. The van der Waals surface area contributed by atoms with E-state index in [0.717, 1.165) is 5.61 Å². The quantitative estimate of drug-likeness (QED) is 0.292. The molecule has 3 heteroatoms. The summed E-state index contributed by atoms with van der Waals surface area (Å²) < 4.78 is 0. The lowest BCUT2D eigenvalue weighted by molar-refractivity contribution is 1.57. The molecule has 0 radical (unpaired) electrons. The SMILES string of the molecule is B/C(C=C)=N/C=N\C=C. The summed E-state index contributed by atoms with van der Waals surface area (Å²) in [5.74, 6) is 0. The van der Waals surface area contributed by atoms with Gasteiger partial charge >= 0.3 is 0 Å². The molecule has 0 aliphatic heterocycles. The Bertz CT molecular complexity index is 158. The molecular formula is C6H9BN2. The van der Waals surface area contributed by atoms with E-state index in [9.17, 15) is 0 Å². The van der Waals surface area contributed by atoms with Crippen molar-refractivity contribution >= 4 is 19.8 Å². The molecule has 0 saturated carbocycles. The van der Waals surface area contributed by atoms with E-state index in [1.807, 2.05) is 7.85 Å². The molecule has 2 nitrogen and oxygen atoms in total. The summed E-state index contributed by atoms with van der Waals surface area (Å²) in [6, 6.07) is 0. The Kier molecular flexibility index (Phi) is 4.41. The molecule has 0 aromatic heterocycles. The highest BCUT2D eigenvalue weighted by Gasteiger charge is 1.73. The molecule has 0 N–H and O–H groups in total. The summed E-state index contributed by atoms with van der Waals surface area (Å²) in [5, 5.41) is 0. The number of hydrogen-bond donors (Lipinski definition) is 0. The van der Waals surface area contributed by atoms with Crippen molar-refractivity contribution in [1.82, 2.24) is 0 Å². The van der Waals surface area contributed by atoms with Crippen LogP contribution in [-0.4, -0.2) is 19.8 Å². The van der Waals surface area contributed by atoms with Crippen LogP contribution in [0.5, 0.6) is 0 Å². The molecule has 0 aliphatic rings. The lowest BCUT2D eigenvalue weighted by Crippen LogP contribution is -1.89. The predicted molar refractivity (Wildman–Crippen MR) is 44.9 cm³/mol. The maximum Gasteiger partial charge on any atom is 0.163 e. The lowest BCUT2D eigenvalue weighted by atomic mass is 10.0. The molecule has 0 heterocycles. The van der Waals surface area contributed by atoms with Gasteiger partial charge in [0.1, 0.15) is 6.34 Å². The van der Waals surface area contributed by atoms with Gasteiger partial charge in [0.25, 0.3) is 0 Å². The summed E-state index contributed by atoms with van der Waals surface area (Å²) in [4.78, 5) is 7.53. The zero-order valence-electron chi connectivity index (χ0n) is 5.54. The number of hydrogen-bond acceptors (Lipinski definition) is 1. The van der Waals surface area contributed by atoms with E-state index in [1.54, 1.807) is 6.08 Å². The van der Waals surface area contributed by atoms with Crippen LogP contribution in [0.25, 0.3) is 0 Å². The van der Waals surface area contributed by atoms with Crippen molar-refractivity contribution in [3.05, 3.63) is 25.4 Å². The standard InChI is InChI=1S/C6H9BN2/c1-3-6(7)9-5-8-4-2/h3-5H,1-2,7H2/b8-5-,9-6+. The van der Waals surface area contributed by atoms with Crippen LogP contribution in [0.2, 0.25) is 0 Å². The first-order valence-corrected chi connectivity index (χ1v) is 2.60. The van der Waals surface area contributed by atoms with Gasteiger partial charge in [0.2, 0.25) is 0 Å². The van der Waals surface area contributed by atoms with E-state index in [0.29, 0.717) is 0 Å². The molecule has 0 bridgehead atoms. The van der Waals surface area contributed by atoms with Crippen molar-refractivity contribution in [2.45, 2.75) is 0 Å². The van der Waals surface area contributed by atoms with Gasteiger partial charge in [0, 0.05) is 6.20 Å². The molecule has 0 aromatic carbocycles. The molecule has 0 atom stereocenters. The van der Waals surface area contributed by atoms with Crippen LogP contribution in [0.4, 0.5) is 0 Å². The predicted octanol–water partition coefficient (Wildman–Crippen LogP) is 0.376. The molecule has 0 spiro atoms. The summed E-state index contributed by atoms with van der Waals surface area (Å²) in [5.41, 5.74) is 0.848. The minimum absolute atomic E-state index is 0.848. The summed E-state index contributed by atoms with van der Waals surface area (Å²) in [6.07, 6.45) is 4.53. The highest BCUT2D eigenvalue weighted by molar-refractivity contribution is 6.63. The minimum atomic E-state index is 0.848. The fourth-order valence-electron chi connectivity index (χ4n) is 0.224. The molecule has 0 aliphatic carbocycles. The van der Waals surface area contributed by atoms with E-state index in [4.69, 9.17) is 0 Å². The number of aliphatic imine (C=N–C) groups is 2. The van der Waals surface area contributed by atoms with Gasteiger partial charge in [0.05, 0.1) is 0 Å². The van der Waals surface area contributed by atoms with Gasteiger partial charge < -0.3 is 0 Å². The molecule has 0 saturated heterocycles. The van der Waals surface area contributed by atoms with Gasteiger partial charge in [-0.3, -0.25) is 4.99 Å². The van der Waals surface area contributed by atoms with Crippen LogP contribution in [0.3, 0.4) is 0 Å². The fourth-order valence-corrected chi connectivity index (χ4v) is 0.224. The van der Waals surface area contributed by atoms with Crippen molar-refractivity contribution in [3.63, 3.8) is 0 Å². The first-order valence-electron chi connectivity index (χ1n) is 2.60. The third-order valence-electron chi connectivity index (χ3n) is 0.729. The fraction of sp³-hybridized carbons (Fsp3) is 0. The van der Waals surface area contributed by atoms with Crippen LogP contribution in [0, 0.1) is 0 Å². The zero-order chi connectivity index (χ0) is 7.11. The van der Waals surface area contributed by atoms with Gasteiger partial charge in [-0.05, 0) is 5.61 Å². The van der Waals surface area contributed by atoms with Gasteiger partial charge in [-0.2, -0.15) is 0 Å². The van der Waals surface area contributed by atoms with Crippen molar-refractivity contribution in [2.24, 2.45) is 9.98 Å². The van der Waals surface area contributed by atoms with E-state index < -0.39 is 0 Å². The van der Waals surface area contributed by atoms with Crippen LogP contribution < -0.4 is 0 Å². The van der Waals surface area contributed by atoms with Gasteiger partial charge in [-0.1, -0.05) is 19.2 Å². The van der Waals surface area contributed by atoms with Crippen molar-refractivity contribution in [2.75, 3.05) is 0 Å². The third-order valence-corrected chi connectivity index (χ3v) is 0.729. The van der Waals surface area contributed by atoms with Crippen molar-refractivity contribution < 1.29 is 0 Å². The average Bonchev–Trinajstić information content (AvgIpc) is 1.89. The normalized spacial score (nSPS) is 11.8. The first kappa shape index (κ1) is 7.88. The maximum atomic E-state index is 3.87.